The molecule has 1 saturated heterocycles. The predicted octanol–water partition coefficient (Wildman–Crippen LogP) is 3.88. The lowest BCUT2D eigenvalue weighted by molar-refractivity contribution is -0.147. The zero-order valence-corrected chi connectivity index (χ0v) is 15.2. The van der Waals surface area contributed by atoms with Crippen molar-refractivity contribution in [2.24, 2.45) is 5.92 Å². The quantitative estimate of drug-likeness (QED) is 0.658. The van der Waals surface area contributed by atoms with Crippen LogP contribution in [0.5, 0.6) is 0 Å². The number of aromatic nitrogens is 1. The number of carbonyl (C=O) groups is 2. The van der Waals surface area contributed by atoms with E-state index in [1.54, 1.807) is 23.2 Å². The first-order valence-electron chi connectivity index (χ1n) is 8.58. The fourth-order valence-corrected chi connectivity index (χ4v) is 4.13. The summed E-state index contributed by atoms with van der Waals surface area (Å²) in [5.74, 6) is -0.725. The van der Waals surface area contributed by atoms with Crippen LogP contribution in [-0.4, -0.2) is 30.0 Å². The first-order chi connectivity index (χ1) is 12.7. The van der Waals surface area contributed by atoms with E-state index in [1.165, 1.54) is 0 Å². The van der Waals surface area contributed by atoms with Crippen LogP contribution in [0.4, 0.5) is 5.69 Å². The number of hydrogen-bond donors (Lipinski definition) is 0. The minimum atomic E-state index is -0.383. The third-order valence-corrected chi connectivity index (χ3v) is 5.55. The minimum Gasteiger partial charge on any atom is -0.466 e. The number of rotatable bonds is 4. The minimum absolute atomic E-state index is 0.0456. The summed E-state index contributed by atoms with van der Waals surface area (Å²) in [5, 5.41) is 0.954. The van der Waals surface area contributed by atoms with Gasteiger partial charge in [0, 0.05) is 24.2 Å². The van der Waals surface area contributed by atoms with E-state index < -0.39 is 0 Å². The second-order valence-corrected chi connectivity index (χ2v) is 7.22. The van der Waals surface area contributed by atoms with Gasteiger partial charge in [-0.15, -0.1) is 11.3 Å². The van der Waals surface area contributed by atoms with Crippen molar-refractivity contribution < 1.29 is 14.3 Å². The second-order valence-electron chi connectivity index (χ2n) is 6.19. The number of para-hydroxylation sites is 1. The van der Waals surface area contributed by atoms with Gasteiger partial charge in [-0.25, -0.2) is 4.98 Å². The standard InChI is InChI=1S/C20H18N2O3S/c1-2-25-20(24)14-11-18(23)22(12-14)15-9-7-13(8-10-15)19-21-16-5-3-4-6-17(16)26-19/h3-10,14H,2,11-12H2,1H3/t14-/m1/s1. The van der Waals surface area contributed by atoms with Crippen LogP contribution in [0.3, 0.4) is 0 Å². The van der Waals surface area contributed by atoms with E-state index in [4.69, 9.17) is 4.74 Å². The zero-order chi connectivity index (χ0) is 18.1. The summed E-state index contributed by atoms with van der Waals surface area (Å²) in [6.07, 6.45) is 0.207. The first kappa shape index (κ1) is 16.7. The topological polar surface area (TPSA) is 59.5 Å². The average Bonchev–Trinajstić information content (AvgIpc) is 3.26. The van der Waals surface area contributed by atoms with E-state index in [2.05, 4.69) is 11.1 Å². The lowest BCUT2D eigenvalue weighted by Gasteiger charge is -2.16. The molecule has 5 nitrogen and oxygen atoms in total. The Morgan fingerprint density at radius 2 is 2.00 bits per heavy atom. The van der Waals surface area contributed by atoms with Crippen molar-refractivity contribution >= 4 is 39.1 Å². The first-order valence-corrected chi connectivity index (χ1v) is 9.40. The maximum Gasteiger partial charge on any atom is 0.311 e. The Morgan fingerprint density at radius 3 is 2.73 bits per heavy atom. The van der Waals surface area contributed by atoms with Gasteiger partial charge < -0.3 is 9.64 Å². The van der Waals surface area contributed by atoms with Crippen LogP contribution in [0.25, 0.3) is 20.8 Å². The largest absolute Gasteiger partial charge is 0.466 e. The number of amides is 1. The molecule has 1 fully saturated rings. The summed E-state index contributed by atoms with van der Waals surface area (Å²) >= 11 is 1.65. The predicted molar refractivity (Wildman–Crippen MR) is 102 cm³/mol. The van der Waals surface area contributed by atoms with Crippen molar-refractivity contribution in [3.8, 4) is 10.6 Å². The number of benzene rings is 2. The molecule has 1 atom stereocenters. The van der Waals surface area contributed by atoms with Crippen molar-refractivity contribution in [3.63, 3.8) is 0 Å². The lowest BCUT2D eigenvalue weighted by Crippen LogP contribution is -2.26. The molecule has 4 rings (SSSR count). The SMILES string of the molecule is CCOC(=O)[C@@H]1CC(=O)N(c2ccc(-c3nc4ccccc4s3)cc2)C1. The Hall–Kier alpha value is -2.73. The van der Waals surface area contributed by atoms with Crippen LogP contribution in [0.2, 0.25) is 0 Å². The molecule has 0 unspecified atom stereocenters. The van der Waals surface area contributed by atoms with Crippen LogP contribution in [-0.2, 0) is 14.3 Å². The van der Waals surface area contributed by atoms with Gasteiger partial charge in [-0.2, -0.15) is 0 Å². The van der Waals surface area contributed by atoms with E-state index >= 15 is 0 Å². The summed E-state index contributed by atoms with van der Waals surface area (Å²) in [7, 11) is 0. The fraction of sp³-hybridized carbons (Fsp3) is 0.250. The molecule has 26 heavy (non-hydrogen) atoms. The van der Waals surface area contributed by atoms with Crippen molar-refractivity contribution in [2.45, 2.75) is 13.3 Å². The van der Waals surface area contributed by atoms with Gasteiger partial charge in [0.15, 0.2) is 0 Å². The average molecular weight is 366 g/mol. The van der Waals surface area contributed by atoms with Crippen molar-refractivity contribution in [1.82, 2.24) is 4.98 Å². The Labute approximate surface area is 155 Å². The number of hydrogen-bond acceptors (Lipinski definition) is 5. The Kier molecular flexibility index (Phi) is 4.42. The molecule has 0 saturated carbocycles. The summed E-state index contributed by atoms with van der Waals surface area (Å²) in [4.78, 5) is 30.5. The number of fused-ring (bicyclic) bond motifs is 1. The van der Waals surface area contributed by atoms with Crippen LogP contribution in [0.15, 0.2) is 48.5 Å². The van der Waals surface area contributed by atoms with Crippen LogP contribution < -0.4 is 4.90 Å². The summed E-state index contributed by atoms with van der Waals surface area (Å²) in [6, 6.07) is 15.8. The van der Waals surface area contributed by atoms with E-state index in [-0.39, 0.29) is 24.2 Å². The van der Waals surface area contributed by atoms with Crippen LogP contribution >= 0.6 is 11.3 Å². The van der Waals surface area contributed by atoms with Crippen LogP contribution in [0, 0.1) is 5.92 Å². The Bertz CT molecular complexity index is 932. The number of nitrogens with zero attached hydrogens (tertiary/aromatic N) is 2. The number of thiazole rings is 1. The highest BCUT2D eigenvalue weighted by atomic mass is 32.1. The monoisotopic (exact) mass is 366 g/mol. The van der Waals surface area contributed by atoms with Crippen molar-refractivity contribution in [3.05, 3.63) is 48.5 Å². The van der Waals surface area contributed by atoms with Gasteiger partial charge in [0.1, 0.15) is 5.01 Å². The summed E-state index contributed by atoms with van der Waals surface area (Å²) in [5.41, 5.74) is 2.80. The summed E-state index contributed by atoms with van der Waals surface area (Å²) in [6.45, 7) is 2.48. The number of carbonyl (C=O) groups excluding carboxylic acids is 2. The van der Waals surface area contributed by atoms with E-state index in [0.717, 1.165) is 26.5 Å². The fourth-order valence-electron chi connectivity index (χ4n) is 3.15. The van der Waals surface area contributed by atoms with Gasteiger partial charge in [0.2, 0.25) is 5.91 Å². The molecule has 2 heterocycles. The molecule has 6 heteroatoms. The molecule has 0 spiro atoms. The zero-order valence-electron chi connectivity index (χ0n) is 14.3. The van der Waals surface area contributed by atoms with E-state index in [9.17, 15) is 9.59 Å². The highest BCUT2D eigenvalue weighted by Crippen LogP contribution is 2.32. The number of ether oxygens (including phenoxy) is 1. The molecule has 0 bridgehead atoms. The molecule has 0 aliphatic carbocycles. The highest BCUT2D eigenvalue weighted by Gasteiger charge is 2.36. The number of esters is 1. The molecule has 3 aromatic rings. The second kappa shape index (κ2) is 6.88. The van der Waals surface area contributed by atoms with Gasteiger partial charge in [-0.3, -0.25) is 9.59 Å². The number of anilines is 1. The molecular weight excluding hydrogens is 348 g/mol. The third-order valence-electron chi connectivity index (χ3n) is 4.46. The molecule has 2 aromatic carbocycles. The van der Waals surface area contributed by atoms with Gasteiger partial charge in [0.05, 0.1) is 22.7 Å². The normalized spacial score (nSPS) is 17.0. The summed E-state index contributed by atoms with van der Waals surface area (Å²) < 4.78 is 6.19. The third kappa shape index (κ3) is 3.08. The smallest absolute Gasteiger partial charge is 0.311 e. The highest BCUT2D eigenvalue weighted by molar-refractivity contribution is 7.21. The maximum atomic E-state index is 12.3. The molecule has 0 N–H and O–H groups in total. The Balaban J connectivity index is 1.54. The van der Waals surface area contributed by atoms with Gasteiger partial charge >= 0.3 is 5.97 Å². The van der Waals surface area contributed by atoms with Gasteiger partial charge in [-0.1, -0.05) is 12.1 Å². The van der Waals surface area contributed by atoms with Gasteiger partial charge in [0.25, 0.3) is 0 Å². The Morgan fingerprint density at radius 1 is 1.23 bits per heavy atom. The van der Waals surface area contributed by atoms with E-state index in [1.807, 2.05) is 42.5 Å². The molecule has 1 aliphatic rings. The van der Waals surface area contributed by atoms with E-state index in [0.29, 0.717) is 13.2 Å². The lowest BCUT2D eigenvalue weighted by atomic mass is 10.1. The maximum absolute atomic E-state index is 12.3. The molecule has 132 valence electrons. The molecule has 0 radical (unpaired) electrons. The van der Waals surface area contributed by atoms with Crippen molar-refractivity contribution in [1.29, 1.82) is 0 Å². The molecule has 1 aromatic heterocycles. The van der Waals surface area contributed by atoms with Crippen LogP contribution in [0.1, 0.15) is 13.3 Å². The van der Waals surface area contributed by atoms with Crippen molar-refractivity contribution in [2.75, 3.05) is 18.1 Å². The molecular formula is C20H18N2O3S. The molecule has 1 aliphatic heterocycles. The molecule has 1 amide bonds. The van der Waals surface area contributed by atoms with Gasteiger partial charge in [-0.05, 0) is 43.3 Å².